The summed E-state index contributed by atoms with van der Waals surface area (Å²) in [6.07, 6.45) is 2.86. The molecule has 2 aromatic rings. The van der Waals surface area contributed by atoms with Crippen LogP contribution in [0.4, 0.5) is 0 Å². The second-order valence-electron chi connectivity index (χ2n) is 3.40. The first-order valence-corrected chi connectivity index (χ1v) is 4.87. The fourth-order valence-electron chi connectivity index (χ4n) is 1.39. The highest BCUT2D eigenvalue weighted by Gasteiger charge is 2.07. The van der Waals surface area contributed by atoms with Crippen LogP contribution in [-0.2, 0) is 11.2 Å². The van der Waals surface area contributed by atoms with Crippen LogP contribution < -0.4 is 5.56 Å². The van der Waals surface area contributed by atoms with E-state index in [2.05, 4.69) is 15.0 Å². The van der Waals surface area contributed by atoms with Gasteiger partial charge in [0.05, 0.1) is 12.1 Å². The molecule has 0 radical (unpaired) electrons. The molecule has 0 bridgehead atoms. The zero-order valence-corrected chi connectivity index (χ0v) is 8.75. The van der Waals surface area contributed by atoms with Crippen LogP contribution in [0.2, 0.25) is 0 Å². The maximum Gasteiger partial charge on any atom is 0.309 e. The minimum atomic E-state index is -1.03. The molecule has 6 nitrogen and oxygen atoms in total. The van der Waals surface area contributed by atoms with Crippen LogP contribution >= 0.6 is 0 Å². The SMILES string of the molecule is O=C(O)Cc1cc(=O)[nH]c(-c2cccnc2)n1. The molecule has 0 saturated heterocycles. The molecule has 0 spiro atoms. The first-order chi connectivity index (χ1) is 8.15. The highest BCUT2D eigenvalue weighted by atomic mass is 16.4. The summed E-state index contributed by atoms with van der Waals surface area (Å²) in [6.45, 7) is 0. The van der Waals surface area contributed by atoms with E-state index in [9.17, 15) is 9.59 Å². The molecule has 86 valence electrons. The molecule has 2 N–H and O–H groups in total. The van der Waals surface area contributed by atoms with Gasteiger partial charge in [-0.25, -0.2) is 4.98 Å². The van der Waals surface area contributed by atoms with Crippen LogP contribution in [0.1, 0.15) is 5.69 Å². The third-order valence-electron chi connectivity index (χ3n) is 2.06. The highest BCUT2D eigenvalue weighted by Crippen LogP contribution is 2.11. The molecule has 0 saturated carbocycles. The van der Waals surface area contributed by atoms with Crippen molar-refractivity contribution in [2.75, 3.05) is 0 Å². The molecular formula is C11H9N3O3. The third kappa shape index (κ3) is 2.75. The number of rotatable bonds is 3. The lowest BCUT2D eigenvalue weighted by Gasteiger charge is -2.02. The van der Waals surface area contributed by atoms with Gasteiger partial charge in [0, 0.05) is 24.0 Å². The minimum absolute atomic E-state index is 0.222. The summed E-state index contributed by atoms with van der Waals surface area (Å²) in [7, 11) is 0. The van der Waals surface area contributed by atoms with Crippen molar-refractivity contribution >= 4 is 5.97 Å². The van der Waals surface area contributed by atoms with Crippen molar-refractivity contribution < 1.29 is 9.90 Å². The van der Waals surface area contributed by atoms with E-state index < -0.39 is 5.97 Å². The molecule has 0 amide bonds. The van der Waals surface area contributed by atoms with Gasteiger partial charge in [0.25, 0.3) is 5.56 Å². The number of aromatic amines is 1. The fourth-order valence-corrected chi connectivity index (χ4v) is 1.39. The number of aliphatic carboxylic acids is 1. The van der Waals surface area contributed by atoms with Crippen molar-refractivity contribution in [2.45, 2.75) is 6.42 Å². The molecule has 0 unspecified atom stereocenters. The topological polar surface area (TPSA) is 95.9 Å². The number of carbonyl (C=O) groups is 1. The van der Waals surface area contributed by atoms with Crippen LogP contribution in [0, 0.1) is 0 Å². The normalized spacial score (nSPS) is 10.1. The van der Waals surface area contributed by atoms with Gasteiger partial charge < -0.3 is 10.1 Å². The Labute approximate surface area is 96.0 Å². The van der Waals surface area contributed by atoms with E-state index in [1.807, 2.05) is 0 Å². The van der Waals surface area contributed by atoms with Gasteiger partial charge in [-0.05, 0) is 12.1 Å². The van der Waals surface area contributed by atoms with Gasteiger partial charge in [0.15, 0.2) is 0 Å². The van der Waals surface area contributed by atoms with E-state index in [0.717, 1.165) is 0 Å². The van der Waals surface area contributed by atoms with Crippen LogP contribution in [0.25, 0.3) is 11.4 Å². The number of aromatic nitrogens is 3. The minimum Gasteiger partial charge on any atom is -0.481 e. The quantitative estimate of drug-likeness (QED) is 0.799. The van der Waals surface area contributed by atoms with Crippen molar-refractivity contribution in [3.8, 4) is 11.4 Å². The molecule has 2 rings (SSSR count). The van der Waals surface area contributed by atoms with Gasteiger partial charge in [0.1, 0.15) is 5.82 Å². The average Bonchev–Trinajstić information content (AvgIpc) is 2.28. The van der Waals surface area contributed by atoms with Crippen LogP contribution in [-0.4, -0.2) is 26.0 Å². The van der Waals surface area contributed by atoms with Gasteiger partial charge in [-0.1, -0.05) is 0 Å². The van der Waals surface area contributed by atoms with Gasteiger partial charge in [-0.3, -0.25) is 14.6 Å². The van der Waals surface area contributed by atoms with Crippen LogP contribution in [0.3, 0.4) is 0 Å². The summed E-state index contributed by atoms with van der Waals surface area (Å²) >= 11 is 0. The lowest BCUT2D eigenvalue weighted by Crippen LogP contribution is -2.13. The Bertz CT molecular complexity index is 592. The van der Waals surface area contributed by atoms with Gasteiger partial charge >= 0.3 is 5.97 Å². The predicted molar refractivity (Wildman–Crippen MR) is 59.4 cm³/mol. The fraction of sp³-hybridized carbons (Fsp3) is 0.0909. The summed E-state index contributed by atoms with van der Waals surface area (Å²) in [6, 6.07) is 4.61. The molecule has 6 heteroatoms. The second-order valence-corrected chi connectivity index (χ2v) is 3.40. The van der Waals surface area contributed by atoms with Crippen molar-refractivity contribution in [1.29, 1.82) is 0 Å². The number of nitrogens with zero attached hydrogens (tertiary/aromatic N) is 2. The number of pyridine rings is 1. The maximum absolute atomic E-state index is 11.4. The number of H-pyrrole nitrogens is 1. The Hall–Kier alpha value is -2.50. The summed E-state index contributed by atoms with van der Waals surface area (Å²) in [5.74, 6) is -0.706. The van der Waals surface area contributed by atoms with Gasteiger partial charge in [-0.2, -0.15) is 0 Å². The highest BCUT2D eigenvalue weighted by molar-refractivity contribution is 5.69. The molecular weight excluding hydrogens is 222 g/mol. The molecule has 0 aromatic carbocycles. The van der Waals surface area contributed by atoms with Crippen LogP contribution in [0.5, 0.6) is 0 Å². The van der Waals surface area contributed by atoms with E-state index in [1.54, 1.807) is 24.5 Å². The summed E-state index contributed by atoms with van der Waals surface area (Å²) in [5.41, 5.74) is 0.479. The summed E-state index contributed by atoms with van der Waals surface area (Å²) in [4.78, 5) is 32.4. The van der Waals surface area contributed by atoms with Crippen molar-refractivity contribution in [1.82, 2.24) is 15.0 Å². The van der Waals surface area contributed by atoms with E-state index in [0.29, 0.717) is 11.4 Å². The Balaban J connectivity index is 2.45. The Morgan fingerprint density at radius 1 is 1.47 bits per heavy atom. The maximum atomic E-state index is 11.4. The van der Waals surface area contributed by atoms with Crippen molar-refractivity contribution in [3.63, 3.8) is 0 Å². The largest absolute Gasteiger partial charge is 0.481 e. The zero-order chi connectivity index (χ0) is 12.3. The van der Waals surface area contributed by atoms with Crippen molar-refractivity contribution in [2.24, 2.45) is 0 Å². The van der Waals surface area contributed by atoms with E-state index in [4.69, 9.17) is 5.11 Å². The van der Waals surface area contributed by atoms with Gasteiger partial charge in [0.2, 0.25) is 0 Å². The number of nitrogens with one attached hydrogen (secondary N) is 1. The van der Waals surface area contributed by atoms with E-state index >= 15 is 0 Å². The van der Waals surface area contributed by atoms with Gasteiger partial charge in [-0.15, -0.1) is 0 Å². The molecule has 2 heterocycles. The average molecular weight is 231 g/mol. The number of carboxylic acid groups (broad SMARTS) is 1. The Morgan fingerprint density at radius 3 is 2.94 bits per heavy atom. The summed E-state index contributed by atoms with van der Waals surface area (Å²) < 4.78 is 0. The lowest BCUT2D eigenvalue weighted by molar-refractivity contribution is -0.136. The predicted octanol–water partition coefficient (Wildman–Crippen LogP) is 0.459. The zero-order valence-electron chi connectivity index (χ0n) is 8.75. The summed E-state index contributed by atoms with van der Waals surface area (Å²) in [5, 5.41) is 8.65. The Kier molecular flexibility index (Phi) is 2.95. The molecule has 0 aliphatic carbocycles. The third-order valence-corrected chi connectivity index (χ3v) is 2.06. The molecule has 2 aromatic heterocycles. The molecule has 0 aliphatic rings. The smallest absolute Gasteiger partial charge is 0.309 e. The molecule has 0 fully saturated rings. The Morgan fingerprint density at radius 2 is 2.29 bits per heavy atom. The monoisotopic (exact) mass is 231 g/mol. The lowest BCUT2D eigenvalue weighted by atomic mass is 10.2. The molecule has 0 aliphatic heterocycles. The molecule has 0 atom stereocenters. The van der Waals surface area contributed by atoms with Crippen LogP contribution in [0.15, 0.2) is 35.4 Å². The second kappa shape index (κ2) is 4.56. The first kappa shape index (κ1) is 11.0. The number of hydrogen-bond acceptors (Lipinski definition) is 4. The van der Waals surface area contributed by atoms with Crippen molar-refractivity contribution in [3.05, 3.63) is 46.6 Å². The number of hydrogen-bond donors (Lipinski definition) is 2. The van der Waals surface area contributed by atoms with E-state index in [-0.39, 0.29) is 17.7 Å². The standard InChI is InChI=1S/C11H9N3O3/c15-9-4-8(5-10(16)17)13-11(14-9)7-2-1-3-12-6-7/h1-4,6H,5H2,(H,16,17)(H,13,14,15). The van der Waals surface area contributed by atoms with E-state index in [1.165, 1.54) is 6.07 Å². The first-order valence-electron chi connectivity index (χ1n) is 4.87. The molecule has 17 heavy (non-hydrogen) atoms. The number of carboxylic acids is 1.